The van der Waals surface area contributed by atoms with E-state index in [2.05, 4.69) is 26.1 Å². The molecule has 1 saturated heterocycles. The van der Waals surface area contributed by atoms with Gasteiger partial charge in [0.1, 0.15) is 4.21 Å². The molecular weight excluding hydrogens is 364 g/mol. The van der Waals surface area contributed by atoms with Crippen LogP contribution in [0, 0.1) is 0 Å². The van der Waals surface area contributed by atoms with Gasteiger partial charge in [0.2, 0.25) is 0 Å². The first-order valence-electron chi connectivity index (χ1n) is 6.18. The summed E-state index contributed by atoms with van der Waals surface area (Å²) in [4.78, 5) is 1.67. The Morgan fingerprint density at radius 2 is 1.85 bits per heavy atom. The standard InChI is InChI=1S/C11H13BrN4O2S2/c12-10-1-2-11(19-10)20(17,18)15-7-3-9(4-8-15)16-13-5-6-14-16/h1-2,5-6,9H,3-4,7-8H2. The minimum atomic E-state index is -3.36. The molecule has 0 aromatic carbocycles. The second-order valence-electron chi connectivity index (χ2n) is 4.54. The van der Waals surface area contributed by atoms with E-state index < -0.39 is 10.0 Å². The zero-order valence-corrected chi connectivity index (χ0v) is 13.7. The van der Waals surface area contributed by atoms with Crippen molar-refractivity contribution in [3.8, 4) is 0 Å². The summed E-state index contributed by atoms with van der Waals surface area (Å²) in [5, 5.41) is 8.24. The monoisotopic (exact) mass is 376 g/mol. The van der Waals surface area contributed by atoms with Gasteiger partial charge in [0, 0.05) is 13.1 Å². The lowest BCUT2D eigenvalue weighted by Crippen LogP contribution is -2.39. The highest BCUT2D eigenvalue weighted by Crippen LogP contribution is 2.31. The van der Waals surface area contributed by atoms with Crippen molar-refractivity contribution in [1.29, 1.82) is 0 Å². The highest BCUT2D eigenvalue weighted by molar-refractivity contribution is 9.11. The lowest BCUT2D eigenvalue weighted by atomic mass is 10.1. The summed E-state index contributed by atoms with van der Waals surface area (Å²) in [7, 11) is -3.36. The Morgan fingerprint density at radius 3 is 2.40 bits per heavy atom. The third-order valence-corrected chi connectivity index (χ3v) is 7.32. The second-order valence-corrected chi connectivity index (χ2v) is 9.17. The summed E-state index contributed by atoms with van der Waals surface area (Å²) in [6.45, 7) is 1.01. The van der Waals surface area contributed by atoms with Crippen molar-refractivity contribution in [3.63, 3.8) is 0 Å². The molecule has 0 saturated carbocycles. The van der Waals surface area contributed by atoms with Crippen LogP contribution in [0.2, 0.25) is 0 Å². The molecule has 0 N–H and O–H groups in total. The van der Waals surface area contributed by atoms with Gasteiger partial charge < -0.3 is 0 Å². The van der Waals surface area contributed by atoms with Gasteiger partial charge in [-0.1, -0.05) is 0 Å². The average molecular weight is 377 g/mol. The van der Waals surface area contributed by atoms with Crippen molar-refractivity contribution in [3.05, 3.63) is 28.3 Å². The van der Waals surface area contributed by atoms with Gasteiger partial charge in [-0.3, -0.25) is 0 Å². The van der Waals surface area contributed by atoms with E-state index >= 15 is 0 Å². The summed E-state index contributed by atoms with van der Waals surface area (Å²) in [6, 6.07) is 3.59. The molecule has 0 amide bonds. The predicted octanol–water partition coefficient (Wildman–Crippen LogP) is 2.13. The highest BCUT2D eigenvalue weighted by atomic mass is 79.9. The quantitative estimate of drug-likeness (QED) is 0.822. The molecular formula is C11H13BrN4O2S2. The molecule has 0 aliphatic carbocycles. The summed E-state index contributed by atoms with van der Waals surface area (Å²) in [5.41, 5.74) is 0. The van der Waals surface area contributed by atoms with Gasteiger partial charge in [-0.25, -0.2) is 8.42 Å². The molecule has 20 heavy (non-hydrogen) atoms. The molecule has 2 aromatic rings. The first-order valence-corrected chi connectivity index (χ1v) is 9.23. The number of hydrogen-bond donors (Lipinski definition) is 0. The second kappa shape index (κ2) is 5.55. The molecule has 1 aliphatic heterocycles. The number of aromatic nitrogens is 3. The summed E-state index contributed by atoms with van der Waals surface area (Å²) in [5.74, 6) is 0. The van der Waals surface area contributed by atoms with Crippen molar-refractivity contribution >= 4 is 37.3 Å². The minimum absolute atomic E-state index is 0.187. The molecule has 6 nitrogen and oxygen atoms in total. The maximum atomic E-state index is 12.5. The van der Waals surface area contributed by atoms with Gasteiger partial charge in [-0.2, -0.15) is 19.3 Å². The van der Waals surface area contributed by atoms with Gasteiger partial charge >= 0.3 is 0 Å². The van der Waals surface area contributed by atoms with Crippen molar-refractivity contribution in [2.75, 3.05) is 13.1 Å². The summed E-state index contributed by atoms with van der Waals surface area (Å²) >= 11 is 4.54. The van der Waals surface area contributed by atoms with E-state index in [-0.39, 0.29) is 6.04 Å². The number of nitrogens with zero attached hydrogens (tertiary/aromatic N) is 4. The Morgan fingerprint density at radius 1 is 1.20 bits per heavy atom. The number of hydrogen-bond acceptors (Lipinski definition) is 5. The van der Waals surface area contributed by atoms with E-state index in [1.807, 2.05) is 0 Å². The maximum Gasteiger partial charge on any atom is 0.252 e. The summed E-state index contributed by atoms with van der Waals surface area (Å²) < 4.78 is 27.7. The molecule has 0 unspecified atom stereocenters. The van der Waals surface area contributed by atoms with Crippen LogP contribution >= 0.6 is 27.3 Å². The number of halogens is 1. The summed E-state index contributed by atoms with van der Waals surface area (Å²) in [6.07, 6.45) is 4.76. The van der Waals surface area contributed by atoms with Crippen LogP contribution in [0.25, 0.3) is 0 Å². The maximum absolute atomic E-state index is 12.5. The Hall–Kier alpha value is -0.770. The number of piperidine rings is 1. The third kappa shape index (κ3) is 2.67. The van der Waals surface area contributed by atoms with Gasteiger partial charge in [-0.15, -0.1) is 11.3 Å². The van der Waals surface area contributed by atoms with E-state index in [0.717, 1.165) is 16.6 Å². The molecule has 0 atom stereocenters. The lowest BCUT2D eigenvalue weighted by Gasteiger charge is -2.30. The highest BCUT2D eigenvalue weighted by Gasteiger charge is 2.31. The Labute approximate surface area is 129 Å². The van der Waals surface area contributed by atoms with Crippen LogP contribution in [-0.2, 0) is 10.0 Å². The molecule has 3 rings (SSSR count). The Bertz CT molecular complexity index is 675. The van der Waals surface area contributed by atoms with Gasteiger partial charge in [0.25, 0.3) is 10.0 Å². The van der Waals surface area contributed by atoms with Crippen molar-refractivity contribution in [2.45, 2.75) is 23.1 Å². The minimum Gasteiger partial charge on any atom is -0.206 e. The van der Waals surface area contributed by atoms with Crippen LogP contribution < -0.4 is 0 Å². The fourth-order valence-electron chi connectivity index (χ4n) is 2.29. The van der Waals surface area contributed by atoms with Crippen LogP contribution in [-0.4, -0.2) is 40.8 Å². The SMILES string of the molecule is O=S(=O)(c1ccc(Br)s1)N1CCC(n2nccn2)CC1. The van der Waals surface area contributed by atoms with Crippen LogP contribution in [0.3, 0.4) is 0 Å². The predicted molar refractivity (Wildman–Crippen MR) is 79.1 cm³/mol. The van der Waals surface area contributed by atoms with Gasteiger partial charge in [-0.05, 0) is 40.9 Å². The molecule has 9 heteroatoms. The van der Waals surface area contributed by atoms with Crippen LogP contribution in [0.4, 0.5) is 0 Å². The first kappa shape index (κ1) is 14.2. The number of thiophene rings is 1. The van der Waals surface area contributed by atoms with E-state index in [1.165, 1.54) is 11.3 Å². The molecule has 0 spiro atoms. The molecule has 0 bridgehead atoms. The van der Waals surface area contributed by atoms with E-state index in [9.17, 15) is 8.42 Å². The first-order chi connectivity index (χ1) is 9.57. The van der Waals surface area contributed by atoms with Crippen molar-refractivity contribution < 1.29 is 8.42 Å². The van der Waals surface area contributed by atoms with Crippen LogP contribution in [0.1, 0.15) is 18.9 Å². The topological polar surface area (TPSA) is 68.1 Å². The zero-order chi connectivity index (χ0) is 14.2. The number of sulfonamides is 1. The van der Waals surface area contributed by atoms with E-state index in [1.54, 1.807) is 33.6 Å². The van der Waals surface area contributed by atoms with Gasteiger partial charge in [0.05, 0.1) is 22.2 Å². The third-order valence-electron chi connectivity index (χ3n) is 3.33. The lowest BCUT2D eigenvalue weighted by molar-refractivity contribution is 0.245. The van der Waals surface area contributed by atoms with Crippen molar-refractivity contribution in [1.82, 2.24) is 19.3 Å². The fraction of sp³-hybridized carbons (Fsp3) is 0.455. The molecule has 0 radical (unpaired) electrons. The Kier molecular flexibility index (Phi) is 3.93. The van der Waals surface area contributed by atoms with Gasteiger partial charge in [0.15, 0.2) is 0 Å². The zero-order valence-electron chi connectivity index (χ0n) is 10.5. The normalized spacial score (nSPS) is 18.4. The van der Waals surface area contributed by atoms with E-state index in [0.29, 0.717) is 17.3 Å². The van der Waals surface area contributed by atoms with Crippen LogP contribution in [0.5, 0.6) is 0 Å². The molecule has 3 heterocycles. The van der Waals surface area contributed by atoms with E-state index in [4.69, 9.17) is 0 Å². The van der Waals surface area contributed by atoms with Crippen molar-refractivity contribution in [2.24, 2.45) is 0 Å². The number of rotatable bonds is 3. The molecule has 1 aliphatic rings. The largest absolute Gasteiger partial charge is 0.252 e. The molecule has 108 valence electrons. The molecule has 1 fully saturated rings. The van der Waals surface area contributed by atoms with Crippen LogP contribution in [0.15, 0.2) is 32.5 Å². The smallest absolute Gasteiger partial charge is 0.206 e. The molecule has 2 aromatic heterocycles. The average Bonchev–Trinajstić information content (AvgIpc) is 3.10. The fourth-order valence-corrected chi connectivity index (χ4v) is 5.93. The Balaban J connectivity index is 1.72.